The molecule has 4 heteroatoms. The second-order valence-electron chi connectivity index (χ2n) is 5.43. The summed E-state index contributed by atoms with van der Waals surface area (Å²) in [6.07, 6.45) is 2.92. The summed E-state index contributed by atoms with van der Waals surface area (Å²) in [5, 5.41) is 3.08. The maximum atomic E-state index is 12.2. The van der Waals surface area contributed by atoms with Gasteiger partial charge >= 0.3 is 0 Å². The second-order valence-corrected chi connectivity index (χ2v) is 6.73. The van der Waals surface area contributed by atoms with Crippen LogP contribution in [0, 0.1) is 5.92 Å². The van der Waals surface area contributed by atoms with Crippen LogP contribution in [-0.2, 0) is 4.79 Å². The highest BCUT2D eigenvalue weighted by Crippen LogP contribution is 2.27. The van der Waals surface area contributed by atoms with Gasteiger partial charge in [0.05, 0.1) is 5.69 Å². The summed E-state index contributed by atoms with van der Waals surface area (Å²) >= 11 is 1.77. The molecule has 1 amide bonds. The van der Waals surface area contributed by atoms with Crippen molar-refractivity contribution < 1.29 is 4.79 Å². The molecule has 0 aromatic heterocycles. The van der Waals surface area contributed by atoms with Crippen LogP contribution in [0.25, 0.3) is 0 Å². The van der Waals surface area contributed by atoms with Crippen LogP contribution in [0.1, 0.15) is 26.2 Å². The van der Waals surface area contributed by atoms with Crippen molar-refractivity contribution in [1.29, 1.82) is 0 Å². The standard InChI is InChI=1S/C16H24N2OS/c1-3-20-15-7-5-4-6-14(15)17-16(19)12-13-8-10-18(2)11-9-13/h4-7,13H,3,8-12H2,1-2H3,(H,17,19). The highest BCUT2D eigenvalue weighted by Gasteiger charge is 2.19. The van der Waals surface area contributed by atoms with E-state index in [0.717, 1.165) is 42.3 Å². The molecule has 1 aromatic rings. The molecular weight excluding hydrogens is 268 g/mol. The molecule has 1 heterocycles. The number of benzene rings is 1. The monoisotopic (exact) mass is 292 g/mol. The van der Waals surface area contributed by atoms with Crippen LogP contribution in [0.5, 0.6) is 0 Å². The Morgan fingerprint density at radius 1 is 1.35 bits per heavy atom. The summed E-state index contributed by atoms with van der Waals surface area (Å²) in [6.45, 7) is 4.35. The number of amides is 1. The summed E-state index contributed by atoms with van der Waals surface area (Å²) in [6, 6.07) is 8.05. The first-order chi connectivity index (χ1) is 9.69. The van der Waals surface area contributed by atoms with Gasteiger partial charge in [0.25, 0.3) is 0 Å². The Bertz CT molecular complexity index is 442. The zero-order valence-corrected chi connectivity index (χ0v) is 13.2. The van der Waals surface area contributed by atoms with Crippen molar-refractivity contribution in [3.05, 3.63) is 24.3 Å². The van der Waals surface area contributed by atoms with Crippen molar-refractivity contribution in [1.82, 2.24) is 4.90 Å². The maximum absolute atomic E-state index is 12.2. The second kappa shape index (κ2) is 7.70. The Morgan fingerprint density at radius 2 is 2.05 bits per heavy atom. The molecule has 110 valence electrons. The number of nitrogens with one attached hydrogen (secondary N) is 1. The van der Waals surface area contributed by atoms with E-state index in [2.05, 4.69) is 30.3 Å². The van der Waals surface area contributed by atoms with Crippen LogP contribution in [-0.4, -0.2) is 36.7 Å². The molecule has 3 nitrogen and oxygen atoms in total. The molecule has 1 N–H and O–H groups in total. The minimum Gasteiger partial charge on any atom is -0.325 e. The number of nitrogens with zero attached hydrogens (tertiary/aromatic N) is 1. The predicted molar refractivity (Wildman–Crippen MR) is 86.3 cm³/mol. The number of rotatable bonds is 5. The van der Waals surface area contributed by atoms with E-state index in [4.69, 9.17) is 0 Å². The van der Waals surface area contributed by atoms with Gasteiger partial charge in [-0.2, -0.15) is 0 Å². The minimum atomic E-state index is 0.156. The number of anilines is 1. The van der Waals surface area contributed by atoms with Crippen molar-refractivity contribution in [3.63, 3.8) is 0 Å². The first-order valence-corrected chi connectivity index (χ1v) is 8.37. The average molecular weight is 292 g/mol. The van der Waals surface area contributed by atoms with Gasteiger partial charge in [0.15, 0.2) is 0 Å². The lowest BCUT2D eigenvalue weighted by Crippen LogP contribution is -2.31. The Balaban J connectivity index is 1.88. The SMILES string of the molecule is CCSc1ccccc1NC(=O)CC1CCN(C)CC1. The Hall–Kier alpha value is -1.00. The molecule has 0 saturated carbocycles. The maximum Gasteiger partial charge on any atom is 0.224 e. The van der Waals surface area contributed by atoms with E-state index in [1.54, 1.807) is 11.8 Å². The summed E-state index contributed by atoms with van der Waals surface area (Å²) in [4.78, 5) is 15.7. The van der Waals surface area contributed by atoms with Crippen LogP contribution < -0.4 is 5.32 Å². The molecule has 0 aliphatic carbocycles. The fourth-order valence-electron chi connectivity index (χ4n) is 2.58. The molecule has 1 fully saturated rings. The van der Waals surface area contributed by atoms with Gasteiger partial charge in [-0.3, -0.25) is 4.79 Å². The van der Waals surface area contributed by atoms with Gasteiger partial charge < -0.3 is 10.2 Å². The molecular formula is C16H24N2OS. The topological polar surface area (TPSA) is 32.3 Å². The molecule has 1 aromatic carbocycles. The van der Waals surface area contributed by atoms with E-state index in [1.807, 2.05) is 18.2 Å². The summed E-state index contributed by atoms with van der Waals surface area (Å²) < 4.78 is 0. The van der Waals surface area contributed by atoms with Crippen molar-refractivity contribution in [3.8, 4) is 0 Å². The lowest BCUT2D eigenvalue weighted by atomic mass is 9.93. The van der Waals surface area contributed by atoms with Crippen molar-refractivity contribution in [2.75, 3.05) is 31.2 Å². The van der Waals surface area contributed by atoms with Crippen LogP contribution in [0.4, 0.5) is 5.69 Å². The van der Waals surface area contributed by atoms with Crippen molar-refractivity contribution in [2.24, 2.45) is 5.92 Å². The molecule has 2 rings (SSSR count). The molecule has 1 saturated heterocycles. The van der Waals surface area contributed by atoms with Crippen LogP contribution in [0.15, 0.2) is 29.2 Å². The Labute approximate surface area is 126 Å². The number of likely N-dealkylation sites (tertiary alicyclic amines) is 1. The third-order valence-electron chi connectivity index (χ3n) is 3.77. The molecule has 1 aliphatic heterocycles. The first kappa shape index (κ1) is 15.4. The number of thioether (sulfide) groups is 1. The lowest BCUT2D eigenvalue weighted by Gasteiger charge is -2.28. The first-order valence-electron chi connectivity index (χ1n) is 7.39. The van der Waals surface area contributed by atoms with E-state index < -0.39 is 0 Å². The molecule has 0 radical (unpaired) electrons. The normalized spacial score (nSPS) is 17.1. The number of para-hydroxylation sites is 1. The molecule has 0 atom stereocenters. The minimum absolute atomic E-state index is 0.156. The van der Waals surface area contributed by atoms with Crippen molar-refractivity contribution >= 4 is 23.4 Å². The predicted octanol–water partition coefficient (Wildman–Crippen LogP) is 3.47. The van der Waals surface area contributed by atoms with Gasteiger partial charge in [0.2, 0.25) is 5.91 Å². The van der Waals surface area contributed by atoms with Crippen LogP contribution >= 0.6 is 11.8 Å². The van der Waals surface area contributed by atoms with Crippen LogP contribution in [0.3, 0.4) is 0 Å². The summed E-state index contributed by atoms with van der Waals surface area (Å²) in [7, 11) is 2.15. The third kappa shape index (κ3) is 4.53. The molecule has 1 aliphatic rings. The van der Waals surface area contributed by atoms with E-state index in [1.165, 1.54) is 0 Å². The molecule has 0 spiro atoms. The highest BCUT2D eigenvalue weighted by atomic mass is 32.2. The van der Waals surface area contributed by atoms with E-state index >= 15 is 0 Å². The zero-order valence-electron chi connectivity index (χ0n) is 12.4. The Morgan fingerprint density at radius 3 is 2.75 bits per heavy atom. The van der Waals surface area contributed by atoms with Gasteiger partial charge in [-0.1, -0.05) is 19.1 Å². The number of piperidine rings is 1. The van der Waals surface area contributed by atoms with Crippen molar-refractivity contribution in [2.45, 2.75) is 31.1 Å². The highest BCUT2D eigenvalue weighted by molar-refractivity contribution is 7.99. The van der Waals surface area contributed by atoms with Gasteiger partial charge in [0.1, 0.15) is 0 Å². The van der Waals surface area contributed by atoms with E-state index in [0.29, 0.717) is 12.3 Å². The van der Waals surface area contributed by atoms with Gasteiger partial charge in [-0.15, -0.1) is 11.8 Å². The molecule has 0 unspecified atom stereocenters. The summed E-state index contributed by atoms with van der Waals surface area (Å²) in [5.74, 6) is 1.71. The molecule has 20 heavy (non-hydrogen) atoms. The largest absolute Gasteiger partial charge is 0.325 e. The van der Waals surface area contributed by atoms with Crippen LogP contribution in [0.2, 0.25) is 0 Å². The van der Waals surface area contributed by atoms with Gasteiger partial charge in [-0.05, 0) is 56.8 Å². The number of hydrogen-bond acceptors (Lipinski definition) is 3. The number of carbonyl (C=O) groups is 1. The molecule has 0 bridgehead atoms. The Kier molecular flexibility index (Phi) is 5.92. The smallest absolute Gasteiger partial charge is 0.224 e. The van der Waals surface area contributed by atoms with E-state index in [-0.39, 0.29) is 5.91 Å². The van der Waals surface area contributed by atoms with E-state index in [9.17, 15) is 4.79 Å². The number of hydrogen-bond donors (Lipinski definition) is 1. The third-order valence-corrected chi connectivity index (χ3v) is 4.73. The van der Waals surface area contributed by atoms with Gasteiger partial charge in [0, 0.05) is 11.3 Å². The summed E-state index contributed by atoms with van der Waals surface area (Å²) in [5.41, 5.74) is 0.956. The fourth-order valence-corrected chi connectivity index (χ4v) is 3.34. The number of carbonyl (C=O) groups excluding carboxylic acids is 1. The van der Waals surface area contributed by atoms with Gasteiger partial charge in [-0.25, -0.2) is 0 Å². The fraction of sp³-hybridized carbons (Fsp3) is 0.562. The average Bonchev–Trinajstić information content (AvgIpc) is 2.44. The quantitative estimate of drug-likeness (QED) is 0.843. The zero-order chi connectivity index (χ0) is 14.4. The lowest BCUT2D eigenvalue weighted by molar-refractivity contribution is -0.117.